The molecule has 0 N–H and O–H groups in total. The van der Waals surface area contributed by atoms with E-state index in [9.17, 15) is 0 Å². The average molecular weight is 358 g/mol. The molecule has 28 heavy (non-hydrogen) atoms. The Bertz CT molecular complexity index is 1710. The lowest BCUT2D eigenvalue weighted by atomic mass is 9.98. The summed E-state index contributed by atoms with van der Waals surface area (Å²) < 4.78 is 12.2. The molecule has 2 nitrogen and oxygen atoms in total. The number of fused-ring (bicyclic) bond motifs is 11. The van der Waals surface area contributed by atoms with Crippen molar-refractivity contribution in [3.05, 3.63) is 85.1 Å². The number of benzene rings is 4. The van der Waals surface area contributed by atoms with Crippen molar-refractivity contribution in [2.24, 2.45) is 0 Å². The summed E-state index contributed by atoms with van der Waals surface area (Å²) in [4.78, 5) is 0. The molecule has 7 rings (SSSR count). The first-order chi connectivity index (χ1) is 13.9. The summed E-state index contributed by atoms with van der Waals surface area (Å²) in [5.41, 5.74) is 2.75. The number of hydrogen-bond acceptors (Lipinski definition) is 2. The Morgan fingerprint density at radius 1 is 0.500 bits per heavy atom. The first-order valence-electron chi connectivity index (χ1n) is 9.44. The minimum Gasteiger partial charge on any atom is -0.464 e. The van der Waals surface area contributed by atoms with Crippen molar-refractivity contribution < 1.29 is 8.83 Å². The summed E-state index contributed by atoms with van der Waals surface area (Å²) in [6.45, 7) is 0. The van der Waals surface area contributed by atoms with Gasteiger partial charge in [-0.2, -0.15) is 0 Å². The van der Waals surface area contributed by atoms with Gasteiger partial charge in [-0.15, -0.1) is 0 Å². The molecule has 0 aliphatic heterocycles. The van der Waals surface area contributed by atoms with Gasteiger partial charge in [0.2, 0.25) is 0 Å². The Morgan fingerprint density at radius 2 is 1.29 bits per heavy atom. The van der Waals surface area contributed by atoms with Crippen LogP contribution in [-0.2, 0) is 0 Å². The second kappa shape index (κ2) is 4.93. The van der Waals surface area contributed by atoms with E-state index in [1.807, 2.05) is 18.2 Å². The first kappa shape index (κ1) is 14.3. The van der Waals surface area contributed by atoms with E-state index in [0.717, 1.165) is 38.3 Å². The summed E-state index contributed by atoms with van der Waals surface area (Å²) in [6, 6.07) is 27.6. The quantitative estimate of drug-likeness (QED) is 0.259. The average Bonchev–Trinajstić information content (AvgIpc) is 3.31. The lowest BCUT2D eigenvalue weighted by molar-refractivity contribution is 0.607. The fraction of sp³-hybridized carbons (Fsp3) is 0. The van der Waals surface area contributed by atoms with Crippen LogP contribution in [0.5, 0.6) is 0 Å². The van der Waals surface area contributed by atoms with Crippen molar-refractivity contribution in [2.45, 2.75) is 0 Å². The van der Waals surface area contributed by atoms with Crippen molar-refractivity contribution in [3.63, 3.8) is 0 Å². The van der Waals surface area contributed by atoms with E-state index in [4.69, 9.17) is 8.83 Å². The lowest BCUT2D eigenvalue weighted by Gasteiger charge is -2.07. The highest BCUT2D eigenvalue weighted by molar-refractivity contribution is 6.34. The van der Waals surface area contributed by atoms with Crippen molar-refractivity contribution in [1.29, 1.82) is 0 Å². The molecule has 0 amide bonds. The Kier molecular flexibility index (Phi) is 2.52. The van der Waals surface area contributed by atoms with Crippen LogP contribution in [0.4, 0.5) is 0 Å². The molecule has 2 heteroatoms. The molecule has 2 heterocycles. The maximum absolute atomic E-state index is 6.18. The van der Waals surface area contributed by atoms with Crippen LogP contribution in [0, 0.1) is 0 Å². The van der Waals surface area contributed by atoms with Crippen molar-refractivity contribution in [2.75, 3.05) is 0 Å². The molecule has 0 fully saturated rings. The molecular formula is C26H14O2. The van der Waals surface area contributed by atoms with Gasteiger partial charge in [-0.05, 0) is 63.3 Å². The van der Waals surface area contributed by atoms with Gasteiger partial charge in [-0.3, -0.25) is 0 Å². The van der Waals surface area contributed by atoms with Gasteiger partial charge >= 0.3 is 0 Å². The molecule has 5 aromatic carbocycles. The zero-order chi connectivity index (χ0) is 18.2. The molecule has 0 radical (unpaired) electrons. The molecule has 0 saturated heterocycles. The Morgan fingerprint density at radius 3 is 2.25 bits per heavy atom. The lowest BCUT2D eigenvalue weighted by Crippen LogP contribution is -1.81. The van der Waals surface area contributed by atoms with Crippen LogP contribution < -0.4 is 0 Å². The molecule has 0 spiro atoms. The number of hydrogen-bond donors (Lipinski definition) is 0. The zero-order valence-corrected chi connectivity index (χ0v) is 14.9. The van der Waals surface area contributed by atoms with Crippen LogP contribution in [0.3, 0.4) is 0 Å². The Balaban J connectivity index is 1.85. The summed E-state index contributed by atoms with van der Waals surface area (Å²) in [5.74, 6) is 0. The Labute approximate surface area is 159 Å². The van der Waals surface area contributed by atoms with Gasteiger partial charge in [0.05, 0.1) is 6.26 Å². The first-order valence-corrected chi connectivity index (χ1v) is 9.44. The number of rotatable bonds is 0. The minimum atomic E-state index is 0.913. The van der Waals surface area contributed by atoms with Gasteiger partial charge < -0.3 is 8.83 Å². The largest absolute Gasteiger partial charge is 0.464 e. The highest BCUT2D eigenvalue weighted by Crippen LogP contribution is 2.43. The van der Waals surface area contributed by atoms with E-state index in [-0.39, 0.29) is 0 Å². The zero-order valence-electron chi connectivity index (χ0n) is 14.9. The Hall–Kier alpha value is -3.78. The normalized spacial score (nSPS) is 12.3. The van der Waals surface area contributed by atoms with Crippen LogP contribution in [-0.4, -0.2) is 0 Å². The van der Waals surface area contributed by atoms with Crippen LogP contribution in [0.2, 0.25) is 0 Å². The van der Waals surface area contributed by atoms with Gasteiger partial charge in [-0.1, -0.05) is 42.5 Å². The maximum Gasteiger partial charge on any atom is 0.142 e. The fourth-order valence-electron chi connectivity index (χ4n) is 4.69. The molecule has 0 unspecified atom stereocenters. The molecular weight excluding hydrogens is 344 g/mol. The van der Waals surface area contributed by atoms with Crippen LogP contribution in [0.1, 0.15) is 0 Å². The molecule has 2 aromatic heterocycles. The number of para-hydroxylation sites is 1. The SMILES string of the molecule is c1ccc2c(c1)cc1c3cccoc3c3cc4c(cc3c21)oc1ccccc14. The molecule has 0 aliphatic carbocycles. The number of furan rings is 1. The molecule has 7 aromatic rings. The van der Waals surface area contributed by atoms with Crippen LogP contribution >= 0.6 is 0 Å². The van der Waals surface area contributed by atoms with Crippen LogP contribution in [0.25, 0.3) is 65.2 Å². The van der Waals surface area contributed by atoms with E-state index in [2.05, 4.69) is 60.7 Å². The summed E-state index contributed by atoms with van der Waals surface area (Å²) in [5, 5.41) is 10.7. The van der Waals surface area contributed by atoms with Gasteiger partial charge in [0, 0.05) is 21.5 Å². The standard InChI is InChI=1S/C26H14O2/c1-2-7-16-15(6-1)12-20-18-9-5-11-27-26(18)22-13-19-17-8-3-4-10-23(17)28-24(19)14-21(22)25(16)20/h1-14H. The van der Waals surface area contributed by atoms with Gasteiger partial charge in [-0.25, -0.2) is 0 Å². The smallest absolute Gasteiger partial charge is 0.142 e. The summed E-state index contributed by atoms with van der Waals surface area (Å²) in [7, 11) is 0. The van der Waals surface area contributed by atoms with Gasteiger partial charge in [0.25, 0.3) is 0 Å². The van der Waals surface area contributed by atoms with Gasteiger partial charge in [0.15, 0.2) is 0 Å². The van der Waals surface area contributed by atoms with E-state index in [1.165, 1.54) is 26.9 Å². The second-order valence-corrected chi connectivity index (χ2v) is 7.37. The summed E-state index contributed by atoms with van der Waals surface area (Å²) in [6.07, 6.45) is 1.76. The second-order valence-electron chi connectivity index (χ2n) is 7.37. The minimum absolute atomic E-state index is 0.913. The van der Waals surface area contributed by atoms with E-state index in [1.54, 1.807) is 6.26 Å². The molecule has 0 aliphatic rings. The monoisotopic (exact) mass is 358 g/mol. The third-order valence-corrected chi connectivity index (χ3v) is 5.89. The molecule has 0 saturated carbocycles. The fourth-order valence-corrected chi connectivity index (χ4v) is 4.69. The third kappa shape index (κ3) is 1.68. The van der Waals surface area contributed by atoms with E-state index < -0.39 is 0 Å². The van der Waals surface area contributed by atoms with Crippen molar-refractivity contribution in [3.8, 4) is 0 Å². The molecule has 0 bridgehead atoms. The van der Waals surface area contributed by atoms with Crippen LogP contribution in [0.15, 0.2) is 94.0 Å². The highest BCUT2D eigenvalue weighted by Gasteiger charge is 2.17. The highest BCUT2D eigenvalue weighted by atomic mass is 16.3. The summed E-state index contributed by atoms with van der Waals surface area (Å²) >= 11 is 0. The third-order valence-electron chi connectivity index (χ3n) is 5.89. The maximum atomic E-state index is 6.18. The molecule has 0 atom stereocenters. The van der Waals surface area contributed by atoms with Gasteiger partial charge in [0.1, 0.15) is 16.7 Å². The van der Waals surface area contributed by atoms with Crippen molar-refractivity contribution >= 4 is 65.2 Å². The molecule has 130 valence electrons. The topological polar surface area (TPSA) is 26.3 Å². The predicted octanol–water partition coefficient (Wildman–Crippen LogP) is 7.79. The van der Waals surface area contributed by atoms with E-state index >= 15 is 0 Å². The predicted molar refractivity (Wildman–Crippen MR) is 116 cm³/mol. The van der Waals surface area contributed by atoms with Crippen molar-refractivity contribution in [1.82, 2.24) is 0 Å². The van der Waals surface area contributed by atoms with E-state index in [0.29, 0.717) is 0 Å².